The van der Waals surface area contributed by atoms with E-state index in [1.54, 1.807) is 6.07 Å². The van der Waals surface area contributed by atoms with E-state index in [2.05, 4.69) is 31.1 Å². The highest BCUT2D eigenvalue weighted by Crippen LogP contribution is 2.14. The first-order valence-corrected chi connectivity index (χ1v) is 7.98. The third kappa shape index (κ3) is 6.99. The van der Waals surface area contributed by atoms with Crippen LogP contribution in [-0.2, 0) is 0 Å². The molecule has 0 bridgehead atoms. The quantitative estimate of drug-likeness (QED) is 0.619. The molecule has 0 fully saturated rings. The van der Waals surface area contributed by atoms with E-state index in [1.165, 1.54) is 44.4 Å². The Bertz CT molecular complexity index is 349. The average Bonchev–Trinajstić information content (AvgIpc) is 2.43. The predicted molar refractivity (Wildman–Crippen MR) is 83.2 cm³/mol. The Kier molecular flexibility index (Phi) is 8.43. The molecule has 3 heteroatoms. The number of aromatic nitrogens is 1. The van der Waals surface area contributed by atoms with Crippen molar-refractivity contribution < 1.29 is 4.39 Å². The van der Waals surface area contributed by atoms with Crippen LogP contribution in [-0.4, -0.2) is 11.5 Å². The van der Waals surface area contributed by atoms with Crippen LogP contribution in [0.2, 0.25) is 0 Å². The van der Waals surface area contributed by atoms with E-state index in [-0.39, 0.29) is 11.9 Å². The van der Waals surface area contributed by atoms with E-state index in [9.17, 15) is 4.39 Å². The zero-order valence-electron chi connectivity index (χ0n) is 13.2. The summed E-state index contributed by atoms with van der Waals surface area (Å²) in [6.07, 6.45) is 8.77. The summed E-state index contributed by atoms with van der Waals surface area (Å²) >= 11 is 0. The minimum atomic E-state index is -0.270. The molecule has 20 heavy (non-hydrogen) atoms. The van der Waals surface area contributed by atoms with Crippen LogP contribution in [0.25, 0.3) is 0 Å². The number of hydrogen-bond acceptors (Lipinski definition) is 2. The molecule has 2 nitrogen and oxygen atoms in total. The monoisotopic (exact) mass is 280 g/mol. The van der Waals surface area contributed by atoms with E-state index >= 15 is 0 Å². The van der Waals surface area contributed by atoms with Crippen LogP contribution < -0.4 is 5.32 Å². The maximum atomic E-state index is 12.9. The van der Waals surface area contributed by atoms with Crippen molar-refractivity contribution >= 4 is 0 Å². The highest BCUT2D eigenvalue weighted by atomic mass is 19.1. The summed E-state index contributed by atoms with van der Waals surface area (Å²) in [5.41, 5.74) is 0.939. The van der Waals surface area contributed by atoms with Crippen molar-refractivity contribution in [3.63, 3.8) is 0 Å². The summed E-state index contributed by atoms with van der Waals surface area (Å²) in [7, 11) is 0. The third-order valence-corrected chi connectivity index (χ3v) is 3.61. The fraction of sp³-hybridized carbons (Fsp3) is 0.706. The van der Waals surface area contributed by atoms with Gasteiger partial charge in [0.1, 0.15) is 5.82 Å². The number of rotatable bonds is 10. The number of pyridine rings is 1. The number of halogens is 1. The van der Waals surface area contributed by atoms with E-state index in [4.69, 9.17) is 0 Å². The summed E-state index contributed by atoms with van der Waals surface area (Å²) in [6.45, 7) is 7.71. The van der Waals surface area contributed by atoms with Crippen LogP contribution in [0.5, 0.6) is 0 Å². The maximum absolute atomic E-state index is 12.9. The molecule has 1 unspecified atom stereocenters. The average molecular weight is 280 g/mol. The molecule has 0 aliphatic carbocycles. The highest BCUT2D eigenvalue weighted by Gasteiger charge is 2.09. The fourth-order valence-corrected chi connectivity index (χ4v) is 2.36. The van der Waals surface area contributed by atoms with Crippen LogP contribution in [0, 0.1) is 11.7 Å². The van der Waals surface area contributed by atoms with Gasteiger partial charge in [0.15, 0.2) is 0 Å². The Morgan fingerprint density at radius 3 is 2.50 bits per heavy atom. The molecule has 0 radical (unpaired) electrons. The van der Waals surface area contributed by atoms with Gasteiger partial charge in [-0.3, -0.25) is 4.98 Å². The Morgan fingerprint density at radius 1 is 1.15 bits per heavy atom. The molecule has 1 N–H and O–H groups in total. The zero-order chi connectivity index (χ0) is 14.8. The number of unbranched alkanes of at least 4 members (excludes halogenated alkanes) is 3. The second-order valence-corrected chi connectivity index (χ2v) is 5.91. The van der Waals surface area contributed by atoms with Crippen molar-refractivity contribution in [2.75, 3.05) is 6.54 Å². The van der Waals surface area contributed by atoms with Crippen molar-refractivity contribution in [1.29, 1.82) is 0 Å². The van der Waals surface area contributed by atoms with Crippen molar-refractivity contribution in [2.45, 2.75) is 65.3 Å². The first-order chi connectivity index (χ1) is 9.63. The van der Waals surface area contributed by atoms with Gasteiger partial charge < -0.3 is 5.32 Å². The number of nitrogens with zero attached hydrogens (tertiary/aromatic N) is 1. The summed E-state index contributed by atoms with van der Waals surface area (Å²) < 4.78 is 12.9. The van der Waals surface area contributed by atoms with Gasteiger partial charge in [0.25, 0.3) is 0 Å². The van der Waals surface area contributed by atoms with Gasteiger partial charge >= 0.3 is 0 Å². The van der Waals surface area contributed by atoms with Gasteiger partial charge in [-0.15, -0.1) is 0 Å². The molecule has 1 aromatic rings. The van der Waals surface area contributed by atoms with E-state index in [1.807, 2.05) is 0 Å². The van der Waals surface area contributed by atoms with Gasteiger partial charge in [-0.05, 0) is 37.4 Å². The maximum Gasteiger partial charge on any atom is 0.141 e. The number of nitrogens with one attached hydrogen (secondary N) is 1. The highest BCUT2D eigenvalue weighted by molar-refractivity contribution is 5.09. The lowest BCUT2D eigenvalue weighted by Gasteiger charge is -2.16. The Morgan fingerprint density at radius 2 is 1.90 bits per heavy atom. The second-order valence-electron chi connectivity index (χ2n) is 5.91. The molecule has 0 aromatic carbocycles. The predicted octanol–water partition coefficient (Wildman–Crippen LogP) is 4.87. The van der Waals surface area contributed by atoms with Gasteiger partial charge in [-0.1, -0.05) is 46.5 Å². The van der Waals surface area contributed by atoms with Gasteiger partial charge in [0, 0.05) is 6.04 Å². The molecule has 0 saturated heterocycles. The third-order valence-electron chi connectivity index (χ3n) is 3.61. The van der Waals surface area contributed by atoms with Crippen LogP contribution in [0.4, 0.5) is 4.39 Å². The molecule has 0 amide bonds. The van der Waals surface area contributed by atoms with Crippen LogP contribution >= 0.6 is 0 Å². The Labute approximate surface area is 123 Å². The SMILES string of the molecule is CCC(NCCCCCCC(C)C)c1ccc(F)cn1. The van der Waals surface area contributed by atoms with Crippen LogP contribution in [0.3, 0.4) is 0 Å². The van der Waals surface area contributed by atoms with Gasteiger partial charge in [0.2, 0.25) is 0 Å². The molecule has 1 rings (SSSR count). The molecule has 0 saturated carbocycles. The molecule has 1 aromatic heterocycles. The van der Waals surface area contributed by atoms with Crippen molar-refractivity contribution in [2.24, 2.45) is 5.92 Å². The van der Waals surface area contributed by atoms with Crippen molar-refractivity contribution in [3.05, 3.63) is 29.8 Å². The molecular weight excluding hydrogens is 251 g/mol. The zero-order valence-corrected chi connectivity index (χ0v) is 13.2. The standard InChI is InChI=1S/C17H29FN2/c1-4-16(17-11-10-15(18)13-20-17)19-12-8-6-5-7-9-14(2)3/h10-11,13-14,16,19H,4-9,12H2,1-3H3. The minimum Gasteiger partial charge on any atom is -0.309 e. The molecule has 1 atom stereocenters. The van der Waals surface area contributed by atoms with Crippen molar-refractivity contribution in [3.8, 4) is 0 Å². The smallest absolute Gasteiger partial charge is 0.141 e. The normalized spacial score (nSPS) is 12.8. The van der Waals surface area contributed by atoms with Gasteiger partial charge in [-0.25, -0.2) is 4.39 Å². The summed E-state index contributed by atoms with van der Waals surface area (Å²) in [4.78, 5) is 4.16. The molecule has 1 heterocycles. The lowest BCUT2D eigenvalue weighted by molar-refractivity contribution is 0.473. The fourth-order valence-electron chi connectivity index (χ4n) is 2.36. The summed E-state index contributed by atoms with van der Waals surface area (Å²) in [5.74, 6) is 0.552. The molecule has 0 spiro atoms. The lowest BCUT2D eigenvalue weighted by atomic mass is 10.0. The Hall–Kier alpha value is -0.960. The summed E-state index contributed by atoms with van der Waals surface area (Å²) in [5, 5.41) is 3.52. The van der Waals surface area contributed by atoms with E-state index in [0.29, 0.717) is 0 Å². The van der Waals surface area contributed by atoms with Crippen LogP contribution in [0.15, 0.2) is 18.3 Å². The topological polar surface area (TPSA) is 24.9 Å². The first kappa shape index (κ1) is 17.1. The van der Waals surface area contributed by atoms with Gasteiger partial charge in [-0.2, -0.15) is 0 Å². The van der Waals surface area contributed by atoms with Gasteiger partial charge in [0.05, 0.1) is 11.9 Å². The molecule has 0 aliphatic rings. The molecule has 114 valence electrons. The minimum absolute atomic E-state index is 0.242. The largest absolute Gasteiger partial charge is 0.309 e. The van der Waals surface area contributed by atoms with E-state index < -0.39 is 0 Å². The number of hydrogen-bond donors (Lipinski definition) is 1. The second kappa shape index (κ2) is 9.87. The first-order valence-electron chi connectivity index (χ1n) is 7.98. The Balaban J connectivity index is 2.17. The van der Waals surface area contributed by atoms with Crippen LogP contribution in [0.1, 0.15) is 71.0 Å². The van der Waals surface area contributed by atoms with Crippen molar-refractivity contribution in [1.82, 2.24) is 10.3 Å². The molecule has 0 aliphatic heterocycles. The lowest BCUT2D eigenvalue weighted by Crippen LogP contribution is -2.22. The van der Waals surface area contributed by atoms with E-state index in [0.717, 1.165) is 24.6 Å². The molecular formula is C17H29FN2. The summed E-state index contributed by atoms with van der Waals surface area (Å²) in [6, 6.07) is 3.50.